The Morgan fingerprint density at radius 2 is 2.09 bits per heavy atom. The molecule has 0 bridgehead atoms. The summed E-state index contributed by atoms with van der Waals surface area (Å²) in [6.45, 7) is 2.25. The predicted octanol–water partition coefficient (Wildman–Crippen LogP) is 2.91. The second-order valence-corrected chi connectivity index (χ2v) is 4.90. The van der Waals surface area contributed by atoms with Gasteiger partial charge >= 0.3 is 5.97 Å². The first-order chi connectivity index (χ1) is 11.2. The summed E-state index contributed by atoms with van der Waals surface area (Å²) in [4.78, 5) is 27.2. The van der Waals surface area contributed by atoms with Crippen molar-refractivity contribution in [3.63, 3.8) is 0 Å². The lowest BCUT2D eigenvalue weighted by molar-refractivity contribution is 0.0525. The van der Waals surface area contributed by atoms with E-state index in [0.29, 0.717) is 23.5 Å². The van der Waals surface area contributed by atoms with Crippen molar-refractivity contribution in [2.75, 3.05) is 11.9 Å². The normalized spacial score (nSPS) is 10.7. The molecule has 6 nitrogen and oxygen atoms in total. The van der Waals surface area contributed by atoms with Crippen molar-refractivity contribution in [1.29, 1.82) is 0 Å². The number of rotatable bonds is 5. The van der Waals surface area contributed by atoms with Gasteiger partial charge in [0, 0.05) is 5.39 Å². The fourth-order valence-corrected chi connectivity index (χ4v) is 2.41. The van der Waals surface area contributed by atoms with E-state index in [1.54, 1.807) is 25.3 Å². The lowest BCUT2D eigenvalue weighted by atomic mass is 10.1. The zero-order chi connectivity index (χ0) is 16.2. The number of benzene rings is 1. The molecule has 2 aromatic heterocycles. The standard InChI is InChI=1S/C17H16N2O4/c1-2-22-17(21)14-15(18-10-11-6-5-9-23-11)12-7-3-4-8-13(12)19-16(14)20/h3-9H,2,10H2,1H3,(H2,18,19,20). The highest BCUT2D eigenvalue weighted by molar-refractivity contribution is 6.04. The molecule has 0 saturated carbocycles. The zero-order valence-corrected chi connectivity index (χ0v) is 12.6. The van der Waals surface area contributed by atoms with Crippen molar-refractivity contribution in [1.82, 2.24) is 4.98 Å². The zero-order valence-electron chi connectivity index (χ0n) is 12.6. The summed E-state index contributed by atoms with van der Waals surface area (Å²) < 4.78 is 10.3. The van der Waals surface area contributed by atoms with E-state index >= 15 is 0 Å². The number of nitrogens with one attached hydrogen (secondary N) is 2. The number of aromatic nitrogens is 1. The maximum atomic E-state index is 12.3. The van der Waals surface area contributed by atoms with Gasteiger partial charge in [0.1, 0.15) is 11.3 Å². The van der Waals surface area contributed by atoms with E-state index in [9.17, 15) is 9.59 Å². The molecule has 0 aliphatic heterocycles. The highest BCUT2D eigenvalue weighted by Crippen LogP contribution is 2.25. The minimum Gasteiger partial charge on any atom is -0.467 e. The van der Waals surface area contributed by atoms with Crippen LogP contribution in [-0.2, 0) is 11.3 Å². The SMILES string of the molecule is CCOC(=O)c1c(NCc2ccco2)c2ccccc2[nH]c1=O. The van der Waals surface area contributed by atoms with Crippen LogP contribution in [0.25, 0.3) is 10.9 Å². The second-order valence-electron chi connectivity index (χ2n) is 4.90. The third-order valence-corrected chi connectivity index (χ3v) is 3.42. The van der Waals surface area contributed by atoms with Crippen molar-refractivity contribution in [2.24, 2.45) is 0 Å². The van der Waals surface area contributed by atoms with Gasteiger partial charge in [-0.15, -0.1) is 0 Å². The molecule has 118 valence electrons. The first-order valence-corrected chi connectivity index (χ1v) is 7.29. The van der Waals surface area contributed by atoms with E-state index < -0.39 is 11.5 Å². The number of furan rings is 1. The van der Waals surface area contributed by atoms with Crippen LogP contribution < -0.4 is 10.9 Å². The molecule has 0 radical (unpaired) electrons. The molecule has 0 amide bonds. The highest BCUT2D eigenvalue weighted by atomic mass is 16.5. The van der Waals surface area contributed by atoms with Crippen LogP contribution in [0.4, 0.5) is 5.69 Å². The Bertz CT molecular complexity index is 881. The molecule has 0 atom stereocenters. The van der Waals surface area contributed by atoms with Gasteiger partial charge in [0.2, 0.25) is 0 Å². The Kier molecular flexibility index (Phi) is 4.14. The quantitative estimate of drug-likeness (QED) is 0.708. The Labute approximate surface area is 132 Å². The number of esters is 1. The van der Waals surface area contributed by atoms with E-state index in [1.165, 1.54) is 0 Å². The van der Waals surface area contributed by atoms with Gasteiger partial charge in [-0.25, -0.2) is 4.79 Å². The first-order valence-electron chi connectivity index (χ1n) is 7.29. The molecule has 0 fully saturated rings. The molecule has 1 aromatic carbocycles. The summed E-state index contributed by atoms with van der Waals surface area (Å²) in [5, 5.41) is 3.86. The van der Waals surface area contributed by atoms with Crippen LogP contribution in [-0.4, -0.2) is 17.6 Å². The van der Waals surface area contributed by atoms with Gasteiger partial charge < -0.3 is 19.5 Å². The largest absolute Gasteiger partial charge is 0.467 e. The van der Waals surface area contributed by atoms with Gasteiger partial charge in [-0.05, 0) is 25.1 Å². The van der Waals surface area contributed by atoms with Gasteiger partial charge in [-0.2, -0.15) is 0 Å². The van der Waals surface area contributed by atoms with Crippen LogP contribution in [0, 0.1) is 0 Å². The number of aromatic amines is 1. The maximum absolute atomic E-state index is 12.3. The molecule has 23 heavy (non-hydrogen) atoms. The molecule has 0 saturated heterocycles. The maximum Gasteiger partial charge on any atom is 0.345 e. The summed E-state index contributed by atoms with van der Waals surface area (Å²) in [6, 6.07) is 10.9. The van der Waals surface area contributed by atoms with Gasteiger partial charge in [0.25, 0.3) is 5.56 Å². The third-order valence-electron chi connectivity index (χ3n) is 3.42. The van der Waals surface area contributed by atoms with Crippen LogP contribution in [0.2, 0.25) is 0 Å². The average Bonchev–Trinajstić information content (AvgIpc) is 3.05. The van der Waals surface area contributed by atoms with Crippen LogP contribution in [0.5, 0.6) is 0 Å². The van der Waals surface area contributed by atoms with Gasteiger partial charge in [-0.1, -0.05) is 18.2 Å². The summed E-state index contributed by atoms with van der Waals surface area (Å²) >= 11 is 0. The predicted molar refractivity (Wildman–Crippen MR) is 86.6 cm³/mol. The number of fused-ring (bicyclic) bond motifs is 1. The number of carbonyl (C=O) groups excluding carboxylic acids is 1. The average molecular weight is 312 g/mol. The molecular weight excluding hydrogens is 296 g/mol. The lowest BCUT2D eigenvalue weighted by Gasteiger charge is -2.13. The Morgan fingerprint density at radius 1 is 1.26 bits per heavy atom. The van der Waals surface area contributed by atoms with Crippen molar-refractivity contribution in [2.45, 2.75) is 13.5 Å². The van der Waals surface area contributed by atoms with Gasteiger partial charge in [-0.3, -0.25) is 4.79 Å². The highest BCUT2D eigenvalue weighted by Gasteiger charge is 2.20. The first kappa shape index (κ1) is 14.9. The molecule has 2 heterocycles. The van der Waals surface area contributed by atoms with Crippen molar-refractivity contribution in [3.8, 4) is 0 Å². The molecule has 0 spiro atoms. The van der Waals surface area contributed by atoms with Crippen LogP contribution in [0.1, 0.15) is 23.0 Å². The Hall–Kier alpha value is -3.02. The molecular formula is C17H16N2O4. The number of para-hydroxylation sites is 1. The van der Waals surface area contributed by atoms with Crippen molar-refractivity contribution in [3.05, 3.63) is 64.3 Å². The topological polar surface area (TPSA) is 84.3 Å². The molecule has 0 aliphatic rings. The molecule has 3 rings (SSSR count). The minimum absolute atomic E-state index is 0.0305. The number of H-pyrrole nitrogens is 1. The van der Waals surface area contributed by atoms with E-state index in [2.05, 4.69) is 10.3 Å². The van der Waals surface area contributed by atoms with E-state index in [0.717, 1.165) is 5.39 Å². The molecule has 2 N–H and O–H groups in total. The molecule has 0 aliphatic carbocycles. The van der Waals surface area contributed by atoms with E-state index in [4.69, 9.17) is 9.15 Å². The fraction of sp³-hybridized carbons (Fsp3) is 0.176. The summed E-state index contributed by atoms with van der Waals surface area (Å²) in [7, 11) is 0. The number of anilines is 1. The number of hydrogen-bond acceptors (Lipinski definition) is 5. The smallest absolute Gasteiger partial charge is 0.345 e. The Morgan fingerprint density at radius 3 is 2.83 bits per heavy atom. The van der Waals surface area contributed by atoms with Gasteiger partial charge in [0.05, 0.1) is 30.6 Å². The monoisotopic (exact) mass is 312 g/mol. The number of pyridine rings is 1. The fourth-order valence-electron chi connectivity index (χ4n) is 2.41. The summed E-state index contributed by atoms with van der Waals surface area (Å²) in [5.74, 6) is 0.0469. The van der Waals surface area contributed by atoms with Crippen molar-refractivity contribution < 1.29 is 13.9 Å². The molecule has 3 aromatic rings. The summed E-state index contributed by atoms with van der Waals surface area (Å²) in [6.07, 6.45) is 1.57. The van der Waals surface area contributed by atoms with Crippen LogP contribution in [0.15, 0.2) is 51.9 Å². The Balaban J connectivity index is 2.11. The van der Waals surface area contributed by atoms with Gasteiger partial charge in [0.15, 0.2) is 0 Å². The third kappa shape index (κ3) is 2.96. The lowest BCUT2D eigenvalue weighted by Crippen LogP contribution is -2.22. The van der Waals surface area contributed by atoms with Crippen molar-refractivity contribution >= 4 is 22.6 Å². The number of hydrogen-bond donors (Lipinski definition) is 2. The number of ether oxygens (including phenoxy) is 1. The van der Waals surface area contributed by atoms with E-state index in [1.807, 2.05) is 24.3 Å². The second kappa shape index (κ2) is 6.39. The summed E-state index contributed by atoms with van der Waals surface area (Å²) in [5.41, 5.74) is 0.577. The van der Waals surface area contributed by atoms with E-state index in [-0.39, 0.29) is 12.2 Å². The minimum atomic E-state index is -0.651. The molecule has 6 heteroatoms. The number of carbonyl (C=O) groups is 1. The molecule has 0 unspecified atom stereocenters. The van der Waals surface area contributed by atoms with Crippen LogP contribution >= 0.6 is 0 Å². The van der Waals surface area contributed by atoms with Crippen LogP contribution in [0.3, 0.4) is 0 Å².